The van der Waals surface area contributed by atoms with Crippen LogP contribution in [-0.4, -0.2) is 34.5 Å². The molecule has 0 saturated heterocycles. The van der Waals surface area contributed by atoms with E-state index in [9.17, 15) is 30.1 Å². The van der Waals surface area contributed by atoms with E-state index in [1.165, 1.54) is 24.3 Å². The van der Waals surface area contributed by atoms with Gasteiger partial charge in [0.25, 0.3) is 10.2 Å². The van der Waals surface area contributed by atoms with E-state index >= 15 is 0 Å². The van der Waals surface area contributed by atoms with E-state index in [1.54, 1.807) is 0 Å². The van der Waals surface area contributed by atoms with Gasteiger partial charge in [-0.2, -0.15) is 0 Å². The molecule has 0 fully saturated rings. The first-order chi connectivity index (χ1) is 11.3. The van der Waals surface area contributed by atoms with Gasteiger partial charge in [0.2, 0.25) is 0 Å². The van der Waals surface area contributed by atoms with E-state index in [1.807, 2.05) is 0 Å². The number of rotatable bonds is 10. The number of ether oxygens (including phenoxy) is 1. The Morgan fingerprint density at radius 3 is 2.33 bits per heavy atom. The van der Waals surface area contributed by atoms with Crippen molar-refractivity contribution in [3.05, 3.63) is 50.6 Å². The van der Waals surface area contributed by atoms with Crippen molar-refractivity contribution in [2.24, 2.45) is 5.92 Å². The molecule has 130 valence electrons. The van der Waals surface area contributed by atoms with E-state index in [4.69, 9.17) is 4.74 Å². The fourth-order valence-electron chi connectivity index (χ4n) is 1.67. The van der Waals surface area contributed by atoms with Crippen molar-refractivity contribution in [1.29, 1.82) is 0 Å². The molecule has 0 aliphatic heterocycles. The van der Waals surface area contributed by atoms with Gasteiger partial charge in [-0.25, -0.2) is 0 Å². The number of phenols is 1. The first kappa shape index (κ1) is 18.7. The summed E-state index contributed by atoms with van der Waals surface area (Å²) in [6.07, 6.45) is 0.942. The maximum absolute atomic E-state index is 11.8. The monoisotopic (exact) mass is 342 g/mol. The van der Waals surface area contributed by atoms with E-state index in [0.29, 0.717) is 5.56 Å². The predicted molar refractivity (Wildman–Crippen MR) is 77.8 cm³/mol. The number of hydrogen-bond donors (Lipinski definition) is 1. The normalized spacial score (nSPS) is 10.0. The fourth-order valence-corrected chi connectivity index (χ4v) is 1.67. The number of hydrogen-bond acceptors (Lipinski definition) is 9. The average molecular weight is 342 g/mol. The van der Waals surface area contributed by atoms with Crippen LogP contribution >= 0.6 is 0 Å². The Labute approximate surface area is 135 Å². The molecule has 1 rings (SSSR count). The Balaban J connectivity index is 2.67. The quantitative estimate of drug-likeness (QED) is 0.287. The number of carbonyl (C=O) groups is 1. The van der Waals surface area contributed by atoms with Gasteiger partial charge in [-0.3, -0.25) is 4.79 Å². The number of aromatic hydroxyl groups is 1. The summed E-state index contributed by atoms with van der Waals surface area (Å²) in [7, 11) is 0. The van der Waals surface area contributed by atoms with Gasteiger partial charge in [0.05, 0.1) is 6.42 Å². The maximum Gasteiger partial charge on any atom is 0.311 e. The summed E-state index contributed by atoms with van der Waals surface area (Å²) in [4.78, 5) is 40.4. The molecule has 0 aliphatic carbocycles. The highest BCUT2D eigenvalue weighted by Crippen LogP contribution is 2.24. The van der Waals surface area contributed by atoms with Crippen LogP contribution in [0.3, 0.4) is 0 Å². The molecule has 0 atom stereocenters. The van der Waals surface area contributed by atoms with Crippen LogP contribution in [0.25, 0.3) is 6.08 Å². The Morgan fingerprint density at radius 2 is 1.83 bits per heavy atom. The van der Waals surface area contributed by atoms with E-state index in [2.05, 4.69) is 16.3 Å². The molecule has 1 aromatic carbocycles. The third-order valence-corrected chi connectivity index (χ3v) is 2.74. The van der Waals surface area contributed by atoms with Crippen LogP contribution in [0.15, 0.2) is 24.8 Å². The van der Waals surface area contributed by atoms with Crippen LogP contribution in [0.2, 0.25) is 0 Å². The van der Waals surface area contributed by atoms with Crippen molar-refractivity contribution in [1.82, 2.24) is 0 Å². The number of benzene rings is 1. The zero-order valence-electron chi connectivity index (χ0n) is 12.3. The maximum atomic E-state index is 11.8. The van der Waals surface area contributed by atoms with Crippen LogP contribution < -0.4 is 4.74 Å². The number of nitrogens with zero attached hydrogens (tertiary/aromatic N) is 2. The van der Waals surface area contributed by atoms with Crippen LogP contribution in [0.4, 0.5) is 0 Å². The standard InChI is InChI=1S/C13H14N2O9/c1-2-10-6-11(3-4-12(10)16)24-13(17)5-9(7-22-14(18)19)8-23-15(20)21/h2-4,6,9,16H,1,5,7-8H2. The molecule has 11 heteroatoms. The molecule has 0 saturated carbocycles. The molecule has 0 spiro atoms. The van der Waals surface area contributed by atoms with E-state index < -0.39 is 41.7 Å². The molecule has 0 amide bonds. The summed E-state index contributed by atoms with van der Waals surface area (Å²) in [6, 6.07) is 3.98. The third kappa shape index (κ3) is 6.60. The van der Waals surface area contributed by atoms with Crippen molar-refractivity contribution >= 4 is 12.0 Å². The first-order valence-corrected chi connectivity index (χ1v) is 6.52. The average Bonchev–Trinajstić information content (AvgIpc) is 2.51. The molecular formula is C13H14N2O9. The molecule has 0 heterocycles. The highest BCUT2D eigenvalue weighted by Gasteiger charge is 2.19. The van der Waals surface area contributed by atoms with Crippen molar-refractivity contribution in [2.45, 2.75) is 6.42 Å². The lowest BCUT2D eigenvalue weighted by molar-refractivity contribution is -0.768. The number of phenolic OH excluding ortho intramolecular Hbond substituents is 1. The minimum atomic E-state index is -1.08. The summed E-state index contributed by atoms with van der Waals surface area (Å²) in [5, 5.41) is 27.7. The van der Waals surface area contributed by atoms with Crippen LogP contribution in [0, 0.1) is 26.1 Å². The molecule has 0 unspecified atom stereocenters. The third-order valence-electron chi connectivity index (χ3n) is 2.74. The van der Waals surface area contributed by atoms with Crippen molar-refractivity contribution in [2.75, 3.05) is 13.2 Å². The molecule has 0 radical (unpaired) electrons. The highest BCUT2D eigenvalue weighted by molar-refractivity contribution is 5.73. The largest absolute Gasteiger partial charge is 0.507 e. The van der Waals surface area contributed by atoms with Gasteiger partial charge in [-0.1, -0.05) is 12.7 Å². The molecule has 0 bridgehead atoms. The molecule has 0 aromatic heterocycles. The highest BCUT2D eigenvalue weighted by atomic mass is 17.0. The van der Waals surface area contributed by atoms with Gasteiger partial charge in [0.1, 0.15) is 24.7 Å². The SMILES string of the molecule is C=Cc1cc(OC(=O)CC(CO[N+](=O)[O-])CO[N+](=O)[O-])ccc1O. The Kier molecular flexibility index (Phi) is 6.95. The molecule has 24 heavy (non-hydrogen) atoms. The zero-order chi connectivity index (χ0) is 18.1. The van der Waals surface area contributed by atoms with Crippen molar-refractivity contribution in [3.8, 4) is 11.5 Å². The minimum Gasteiger partial charge on any atom is -0.507 e. The van der Waals surface area contributed by atoms with Gasteiger partial charge in [-0.05, 0) is 18.2 Å². The van der Waals surface area contributed by atoms with Gasteiger partial charge >= 0.3 is 5.97 Å². The summed E-state index contributed by atoms with van der Waals surface area (Å²) in [6.45, 7) is 2.35. The predicted octanol–water partition coefficient (Wildman–Crippen LogP) is 1.36. The second kappa shape index (κ2) is 8.92. The molecular weight excluding hydrogens is 328 g/mol. The fraction of sp³-hybridized carbons (Fsp3) is 0.308. The Hall–Kier alpha value is -3.37. The summed E-state index contributed by atoms with van der Waals surface area (Å²) in [5.41, 5.74) is 0.338. The Bertz CT molecular complexity index is 614. The number of carbonyl (C=O) groups excluding carboxylic acids is 1. The smallest absolute Gasteiger partial charge is 0.311 e. The van der Waals surface area contributed by atoms with Gasteiger partial charge in [0, 0.05) is 11.5 Å². The second-order valence-corrected chi connectivity index (χ2v) is 4.51. The second-order valence-electron chi connectivity index (χ2n) is 4.51. The zero-order valence-corrected chi connectivity index (χ0v) is 12.3. The first-order valence-electron chi connectivity index (χ1n) is 6.52. The van der Waals surface area contributed by atoms with Crippen LogP contribution in [0.5, 0.6) is 11.5 Å². The molecule has 0 aliphatic rings. The van der Waals surface area contributed by atoms with Crippen molar-refractivity contribution < 1.29 is 34.5 Å². The minimum absolute atomic E-state index is 0.0542. The van der Waals surface area contributed by atoms with Crippen LogP contribution in [0.1, 0.15) is 12.0 Å². The molecule has 1 aromatic rings. The lowest BCUT2D eigenvalue weighted by atomic mass is 10.1. The lowest BCUT2D eigenvalue weighted by Crippen LogP contribution is -2.24. The van der Waals surface area contributed by atoms with E-state index in [-0.39, 0.29) is 11.5 Å². The Morgan fingerprint density at radius 1 is 1.25 bits per heavy atom. The number of esters is 1. The van der Waals surface area contributed by atoms with Crippen LogP contribution in [-0.2, 0) is 14.5 Å². The molecule has 1 N–H and O–H groups in total. The lowest BCUT2D eigenvalue weighted by Gasteiger charge is -2.14. The summed E-state index contributed by atoms with van der Waals surface area (Å²) < 4.78 is 5.01. The van der Waals surface area contributed by atoms with Gasteiger partial charge < -0.3 is 19.5 Å². The van der Waals surface area contributed by atoms with E-state index in [0.717, 1.165) is 0 Å². The van der Waals surface area contributed by atoms with Gasteiger partial charge in [0.15, 0.2) is 0 Å². The van der Waals surface area contributed by atoms with Crippen molar-refractivity contribution in [3.63, 3.8) is 0 Å². The summed E-state index contributed by atoms with van der Waals surface area (Å²) >= 11 is 0. The van der Waals surface area contributed by atoms with Gasteiger partial charge in [-0.15, -0.1) is 20.2 Å². The topological polar surface area (TPSA) is 151 Å². The summed E-state index contributed by atoms with van der Waals surface area (Å²) in [5.74, 6) is -1.71. The molecule has 11 nitrogen and oxygen atoms in total.